The second-order valence-corrected chi connectivity index (χ2v) is 6.76. The van der Waals surface area contributed by atoms with E-state index in [1.807, 2.05) is 25.1 Å². The van der Waals surface area contributed by atoms with Crippen LogP contribution in [0, 0.1) is 0 Å². The number of hydrogen-bond acceptors (Lipinski definition) is 3. The summed E-state index contributed by atoms with van der Waals surface area (Å²) in [5, 5.41) is 9.59. The molecule has 1 N–H and O–H groups in total. The number of thioether (sulfide) groups is 1. The molecule has 0 saturated carbocycles. The zero-order chi connectivity index (χ0) is 15.3. The quantitative estimate of drug-likeness (QED) is 0.627. The standard InChI is InChI=1S/C16H23NO2S/c1-6-11-17(16(3,4)5)12-9-8-10-13(20-7-2)14(12)15(18)19/h6,8-10H,1,7,11H2,2-5H3,(H,18,19). The Morgan fingerprint density at radius 2 is 2.10 bits per heavy atom. The molecule has 3 nitrogen and oxygen atoms in total. The molecule has 0 aliphatic carbocycles. The highest BCUT2D eigenvalue weighted by Gasteiger charge is 2.26. The Balaban J connectivity index is 3.44. The van der Waals surface area contributed by atoms with Gasteiger partial charge in [0.25, 0.3) is 0 Å². The van der Waals surface area contributed by atoms with Gasteiger partial charge in [0.2, 0.25) is 0 Å². The van der Waals surface area contributed by atoms with Crippen molar-refractivity contribution in [3.05, 3.63) is 36.4 Å². The first-order valence-corrected chi connectivity index (χ1v) is 7.69. The third-order valence-electron chi connectivity index (χ3n) is 2.93. The van der Waals surface area contributed by atoms with Crippen LogP contribution in [0.4, 0.5) is 5.69 Å². The number of carbonyl (C=O) groups is 1. The van der Waals surface area contributed by atoms with Crippen LogP contribution in [0.2, 0.25) is 0 Å². The molecule has 0 aliphatic rings. The van der Waals surface area contributed by atoms with Crippen LogP contribution in [0.3, 0.4) is 0 Å². The van der Waals surface area contributed by atoms with Crippen molar-refractivity contribution in [2.45, 2.75) is 38.1 Å². The molecule has 0 atom stereocenters. The second-order valence-electron chi connectivity index (χ2n) is 5.46. The Kier molecular flexibility index (Phi) is 5.69. The van der Waals surface area contributed by atoms with Crippen molar-refractivity contribution in [3.63, 3.8) is 0 Å². The van der Waals surface area contributed by atoms with Gasteiger partial charge in [0.1, 0.15) is 0 Å². The van der Waals surface area contributed by atoms with Crippen molar-refractivity contribution in [2.24, 2.45) is 0 Å². The van der Waals surface area contributed by atoms with Crippen LogP contribution < -0.4 is 4.90 Å². The third kappa shape index (κ3) is 3.79. The van der Waals surface area contributed by atoms with Gasteiger partial charge in [0.15, 0.2) is 0 Å². The summed E-state index contributed by atoms with van der Waals surface area (Å²) >= 11 is 1.56. The van der Waals surface area contributed by atoms with E-state index in [9.17, 15) is 9.90 Å². The molecule has 0 spiro atoms. The molecule has 0 fully saturated rings. The number of anilines is 1. The summed E-state index contributed by atoms with van der Waals surface area (Å²) in [5.74, 6) is -0.0318. The normalized spacial score (nSPS) is 11.2. The first kappa shape index (κ1) is 16.6. The maximum absolute atomic E-state index is 11.7. The van der Waals surface area contributed by atoms with Crippen molar-refractivity contribution >= 4 is 23.4 Å². The fraction of sp³-hybridized carbons (Fsp3) is 0.438. The average molecular weight is 293 g/mol. The van der Waals surface area contributed by atoms with Gasteiger partial charge < -0.3 is 10.0 Å². The molecule has 0 heterocycles. The number of rotatable bonds is 6. The molecule has 0 unspecified atom stereocenters. The fourth-order valence-electron chi connectivity index (χ4n) is 2.10. The van der Waals surface area contributed by atoms with Crippen LogP contribution in [0.25, 0.3) is 0 Å². The summed E-state index contributed by atoms with van der Waals surface area (Å²) in [6.07, 6.45) is 1.80. The van der Waals surface area contributed by atoms with Gasteiger partial charge >= 0.3 is 5.97 Å². The van der Waals surface area contributed by atoms with Gasteiger partial charge in [-0.3, -0.25) is 0 Å². The summed E-state index contributed by atoms with van der Waals surface area (Å²) in [4.78, 5) is 14.6. The molecule has 1 aromatic carbocycles. The van der Waals surface area contributed by atoms with Gasteiger partial charge in [-0.1, -0.05) is 19.1 Å². The highest BCUT2D eigenvalue weighted by Crippen LogP contribution is 2.34. The molecule has 1 aromatic rings. The van der Waals surface area contributed by atoms with E-state index in [-0.39, 0.29) is 5.54 Å². The molecular formula is C16H23NO2S. The molecule has 0 amide bonds. The van der Waals surface area contributed by atoms with E-state index in [2.05, 4.69) is 32.3 Å². The summed E-state index contributed by atoms with van der Waals surface area (Å²) in [7, 11) is 0. The van der Waals surface area contributed by atoms with Crippen LogP contribution in [0.5, 0.6) is 0 Å². The number of benzene rings is 1. The summed E-state index contributed by atoms with van der Waals surface area (Å²) < 4.78 is 0. The van der Waals surface area contributed by atoms with Gasteiger partial charge in [-0.25, -0.2) is 4.79 Å². The first-order chi connectivity index (χ1) is 9.32. The Morgan fingerprint density at radius 3 is 2.55 bits per heavy atom. The minimum atomic E-state index is -0.880. The Hall–Kier alpha value is -1.42. The predicted molar refractivity (Wildman–Crippen MR) is 87.1 cm³/mol. The lowest BCUT2D eigenvalue weighted by Gasteiger charge is -2.38. The van der Waals surface area contributed by atoms with Gasteiger partial charge in [-0.15, -0.1) is 18.3 Å². The van der Waals surface area contributed by atoms with E-state index in [0.717, 1.165) is 16.3 Å². The van der Waals surface area contributed by atoms with Crippen LogP contribution in [0.15, 0.2) is 35.7 Å². The molecule has 1 rings (SSSR count). The number of aromatic carboxylic acids is 1. The molecular weight excluding hydrogens is 270 g/mol. The third-order valence-corrected chi connectivity index (χ3v) is 3.87. The van der Waals surface area contributed by atoms with E-state index in [1.54, 1.807) is 17.8 Å². The average Bonchev–Trinajstić information content (AvgIpc) is 2.34. The van der Waals surface area contributed by atoms with Gasteiger partial charge in [-0.2, -0.15) is 0 Å². The molecule has 20 heavy (non-hydrogen) atoms. The van der Waals surface area contributed by atoms with Crippen LogP contribution in [-0.4, -0.2) is 28.9 Å². The maximum atomic E-state index is 11.7. The van der Waals surface area contributed by atoms with E-state index >= 15 is 0 Å². The topological polar surface area (TPSA) is 40.5 Å². The fourth-order valence-corrected chi connectivity index (χ4v) is 2.92. The minimum Gasteiger partial charge on any atom is -0.478 e. The highest BCUT2D eigenvalue weighted by atomic mass is 32.2. The molecule has 0 bridgehead atoms. The van der Waals surface area contributed by atoms with E-state index in [0.29, 0.717) is 12.1 Å². The van der Waals surface area contributed by atoms with Crippen LogP contribution in [0.1, 0.15) is 38.1 Å². The van der Waals surface area contributed by atoms with Crippen molar-refractivity contribution in [1.29, 1.82) is 0 Å². The minimum absolute atomic E-state index is 0.173. The van der Waals surface area contributed by atoms with Crippen molar-refractivity contribution in [3.8, 4) is 0 Å². The Labute approximate surface area is 125 Å². The van der Waals surface area contributed by atoms with Crippen molar-refractivity contribution < 1.29 is 9.90 Å². The van der Waals surface area contributed by atoms with Gasteiger partial charge in [0, 0.05) is 17.0 Å². The van der Waals surface area contributed by atoms with Gasteiger partial charge in [0.05, 0.1) is 11.3 Å². The number of carboxylic acids is 1. The molecule has 0 saturated heterocycles. The maximum Gasteiger partial charge on any atom is 0.338 e. The lowest BCUT2D eigenvalue weighted by atomic mass is 10.0. The first-order valence-electron chi connectivity index (χ1n) is 6.70. The highest BCUT2D eigenvalue weighted by molar-refractivity contribution is 7.99. The molecule has 0 aromatic heterocycles. The van der Waals surface area contributed by atoms with Crippen LogP contribution >= 0.6 is 11.8 Å². The zero-order valence-corrected chi connectivity index (χ0v) is 13.5. The largest absolute Gasteiger partial charge is 0.478 e. The van der Waals surface area contributed by atoms with Crippen LogP contribution in [-0.2, 0) is 0 Å². The van der Waals surface area contributed by atoms with Crippen molar-refractivity contribution in [1.82, 2.24) is 0 Å². The summed E-state index contributed by atoms with van der Waals surface area (Å²) in [5.41, 5.74) is 0.966. The Morgan fingerprint density at radius 1 is 1.45 bits per heavy atom. The van der Waals surface area contributed by atoms with E-state index < -0.39 is 5.97 Å². The number of nitrogens with zero attached hydrogens (tertiary/aromatic N) is 1. The number of hydrogen-bond donors (Lipinski definition) is 1. The Bertz CT molecular complexity index is 492. The molecule has 0 radical (unpaired) electrons. The lowest BCUT2D eigenvalue weighted by Crippen LogP contribution is -2.42. The lowest BCUT2D eigenvalue weighted by molar-refractivity contribution is 0.0693. The molecule has 4 heteroatoms. The van der Waals surface area contributed by atoms with Gasteiger partial charge in [-0.05, 0) is 38.7 Å². The van der Waals surface area contributed by atoms with E-state index in [4.69, 9.17) is 0 Å². The molecule has 0 aliphatic heterocycles. The predicted octanol–water partition coefficient (Wildman–Crippen LogP) is 4.29. The van der Waals surface area contributed by atoms with E-state index in [1.165, 1.54) is 0 Å². The smallest absolute Gasteiger partial charge is 0.338 e. The second kappa shape index (κ2) is 6.84. The number of carboxylic acid groups (broad SMARTS) is 1. The van der Waals surface area contributed by atoms with Crippen molar-refractivity contribution in [2.75, 3.05) is 17.2 Å². The summed E-state index contributed by atoms with van der Waals surface area (Å²) in [6, 6.07) is 5.66. The monoisotopic (exact) mass is 293 g/mol. The summed E-state index contributed by atoms with van der Waals surface area (Å²) in [6.45, 7) is 12.6. The zero-order valence-electron chi connectivity index (χ0n) is 12.6. The SMILES string of the molecule is C=CCN(c1cccc(SCC)c1C(=O)O)C(C)(C)C. The molecule has 110 valence electrons.